The molecule has 0 spiro atoms. The van der Waals surface area contributed by atoms with Gasteiger partial charge in [0.05, 0.1) is 14.2 Å². The SMILES string of the molecule is COc1ccc(CCC(=O)OCC(=O)NC(=O)NCC(C)C)cc1OC. The van der Waals surface area contributed by atoms with E-state index in [9.17, 15) is 14.4 Å². The maximum atomic E-state index is 11.7. The van der Waals surface area contributed by atoms with Crippen LogP contribution in [-0.2, 0) is 20.7 Å². The molecule has 1 aromatic rings. The van der Waals surface area contributed by atoms with Gasteiger partial charge in [0.25, 0.3) is 5.91 Å². The number of urea groups is 1. The van der Waals surface area contributed by atoms with Gasteiger partial charge in [-0.3, -0.25) is 14.9 Å². The highest BCUT2D eigenvalue weighted by molar-refractivity contribution is 5.95. The van der Waals surface area contributed by atoms with Crippen molar-refractivity contribution < 1.29 is 28.6 Å². The van der Waals surface area contributed by atoms with Crippen LogP contribution in [0.5, 0.6) is 11.5 Å². The zero-order chi connectivity index (χ0) is 19.5. The van der Waals surface area contributed by atoms with E-state index in [0.717, 1.165) is 5.56 Å². The van der Waals surface area contributed by atoms with Gasteiger partial charge in [-0.25, -0.2) is 4.79 Å². The molecule has 2 N–H and O–H groups in total. The summed E-state index contributed by atoms with van der Waals surface area (Å²) in [6, 6.07) is 4.74. The molecule has 0 fully saturated rings. The summed E-state index contributed by atoms with van der Waals surface area (Å²) >= 11 is 0. The summed E-state index contributed by atoms with van der Waals surface area (Å²) in [7, 11) is 3.08. The number of amides is 3. The second-order valence-electron chi connectivity index (χ2n) is 6.00. The van der Waals surface area contributed by atoms with Crippen LogP contribution >= 0.6 is 0 Å². The van der Waals surface area contributed by atoms with E-state index in [0.29, 0.717) is 24.5 Å². The third-order valence-corrected chi connectivity index (χ3v) is 3.35. The van der Waals surface area contributed by atoms with Crippen molar-refractivity contribution in [2.24, 2.45) is 5.92 Å². The summed E-state index contributed by atoms with van der Waals surface area (Å²) in [5, 5.41) is 4.63. The van der Waals surface area contributed by atoms with E-state index >= 15 is 0 Å². The summed E-state index contributed by atoms with van der Waals surface area (Å²) in [6.07, 6.45) is 0.526. The Morgan fingerprint density at radius 2 is 1.77 bits per heavy atom. The van der Waals surface area contributed by atoms with E-state index in [1.807, 2.05) is 19.9 Å². The summed E-state index contributed by atoms with van der Waals surface area (Å²) < 4.78 is 15.2. The van der Waals surface area contributed by atoms with E-state index in [1.165, 1.54) is 7.11 Å². The Balaban J connectivity index is 2.34. The second kappa shape index (κ2) is 11.0. The minimum Gasteiger partial charge on any atom is -0.493 e. The number of esters is 1. The average molecular weight is 366 g/mol. The smallest absolute Gasteiger partial charge is 0.321 e. The fourth-order valence-corrected chi connectivity index (χ4v) is 2.00. The Labute approximate surface area is 153 Å². The molecule has 0 aromatic heterocycles. The number of carbonyl (C=O) groups excluding carboxylic acids is 3. The van der Waals surface area contributed by atoms with Gasteiger partial charge in [0.1, 0.15) is 0 Å². The highest BCUT2D eigenvalue weighted by Gasteiger charge is 2.12. The number of aryl methyl sites for hydroxylation is 1. The molecule has 0 aliphatic carbocycles. The molecule has 0 radical (unpaired) electrons. The molecule has 8 heteroatoms. The van der Waals surface area contributed by atoms with Crippen LogP contribution in [0.3, 0.4) is 0 Å². The molecule has 1 rings (SSSR count). The van der Waals surface area contributed by atoms with Crippen LogP contribution in [0, 0.1) is 5.92 Å². The number of hydrogen-bond donors (Lipinski definition) is 2. The van der Waals surface area contributed by atoms with Crippen molar-refractivity contribution in [1.82, 2.24) is 10.6 Å². The van der Waals surface area contributed by atoms with Gasteiger partial charge in [0, 0.05) is 13.0 Å². The molecule has 0 heterocycles. The molecule has 0 aliphatic rings. The van der Waals surface area contributed by atoms with E-state index in [-0.39, 0.29) is 12.3 Å². The van der Waals surface area contributed by atoms with Crippen LogP contribution in [0.15, 0.2) is 18.2 Å². The van der Waals surface area contributed by atoms with Gasteiger partial charge in [0.2, 0.25) is 0 Å². The number of benzene rings is 1. The van der Waals surface area contributed by atoms with Gasteiger partial charge in [-0.2, -0.15) is 0 Å². The second-order valence-corrected chi connectivity index (χ2v) is 6.00. The Bertz CT molecular complexity index is 630. The molecule has 0 saturated heterocycles. The highest BCUT2D eigenvalue weighted by atomic mass is 16.5. The number of hydrogen-bond acceptors (Lipinski definition) is 6. The summed E-state index contributed by atoms with van der Waals surface area (Å²) in [6.45, 7) is 3.81. The lowest BCUT2D eigenvalue weighted by atomic mass is 10.1. The normalized spacial score (nSPS) is 10.2. The average Bonchev–Trinajstić information content (AvgIpc) is 2.62. The van der Waals surface area contributed by atoms with Crippen LogP contribution < -0.4 is 20.1 Å². The molecule has 0 unspecified atom stereocenters. The predicted octanol–water partition coefficient (Wildman–Crippen LogP) is 1.66. The highest BCUT2D eigenvalue weighted by Crippen LogP contribution is 2.27. The number of nitrogens with one attached hydrogen (secondary N) is 2. The van der Waals surface area contributed by atoms with Crippen molar-refractivity contribution >= 4 is 17.9 Å². The molecule has 0 saturated carbocycles. The van der Waals surface area contributed by atoms with Gasteiger partial charge >= 0.3 is 12.0 Å². The van der Waals surface area contributed by atoms with E-state index in [1.54, 1.807) is 19.2 Å². The zero-order valence-electron chi connectivity index (χ0n) is 15.6. The van der Waals surface area contributed by atoms with E-state index in [4.69, 9.17) is 14.2 Å². The standard InChI is InChI=1S/C18H26N2O6/c1-12(2)10-19-18(23)20-16(21)11-26-17(22)8-6-13-5-7-14(24-3)15(9-13)25-4/h5,7,9,12H,6,8,10-11H2,1-4H3,(H2,19,20,21,23). The van der Waals surface area contributed by atoms with Gasteiger partial charge in [-0.15, -0.1) is 0 Å². The fraction of sp³-hybridized carbons (Fsp3) is 0.500. The summed E-state index contributed by atoms with van der Waals surface area (Å²) in [4.78, 5) is 34.7. The maximum Gasteiger partial charge on any atom is 0.321 e. The number of methoxy groups -OCH3 is 2. The van der Waals surface area contributed by atoms with Gasteiger partial charge in [-0.05, 0) is 30.0 Å². The Hall–Kier alpha value is -2.77. The maximum absolute atomic E-state index is 11.7. The first-order valence-electron chi connectivity index (χ1n) is 8.30. The Kier molecular flexibility index (Phi) is 8.97. The first-order valence-corrected chi connectivity index (χ1v) is 8.30. The monoisotopic (exact) mass is 366 g/mol. The van der Waals surface area contributed by atoms with E-state index in [2.05, 4.69) is 10.6 Å². The number of rotatable bonds is 9. The predicted molar refractivity (Wildman–Crippen MR) is 95.2 cm³/mol. The summed E-state index contributed by atoms with van der Waals surface area (Å²) in [5.41, 5.74) is 0.872. The Morgan fingerprint density at radius 3 is 2.38 bits per heavy atom. The van der Waals surface area contributed by atoms with Gasteiger partial charge < -0.3 is 19.5 Å². The molecule has 144 valence electrons. The molecule has 1 aromatic carbocycles. The topological polar surface area (TPSA) is 103 Å². The molecular formula is C18H26N2O6. The van der Waals surface area contributed by atoms with Crippen molar-refractivity contribution in [3.05, 3.63) is 23.8 Å². The van der Waals surface area contributed by atoms with Crippen molar-refractivity contribution in [2.45, 2.75) is 26.7 Å². The van der Waals surface area contributed by atoms with Gasteiger partial charge in [-0.1, -0.05) is 19.9 Å². The molecular weight excluding hydrogens is 340 g/mol. The molecule has 8 nitrogen and oxygen atoms in total. The fourth-order valence-electron chi connectivity index (χ4n) is 2.00. The van der Waals surface area contributed by atoms with Crippen LogP contribution in [0.1, 0.15) is 25.8 Å². The van der Waals surface area contributed by atoms with Crippen molar-refractivity contribution in [3.8, 4) is 11.5 Å². The molecule has 0 atom stereocenters. The lowest BCUT2D eigenvalue weighted by molar-refractivity contribution is -0.148. The minimum absolute atomic E-state index is 0.0995. The minimum atomic E-state index is -0.675. The van der Waals surface area contributed by atoms with Gasteiger partial charge in [0.15, 0.2) is 18.1 Å². The van der Waals surface area contributed by atoms with Crippen LogP contribution in [0.2, 0.25) is 0 Å². The number of carbonyl (C=O) groups is 3. The molecule has 3 amide bonds. The zero-order valence-corrected chi connectivity index (χ0v) is 15.6. The quantitative estimate of drug-likeness (QED) is 0.645. The largest absolute Gasteiger partial charge is 0.493 e. The number of imide groups is 1. The lowest BCUT2D eigenvalue weighted by Crippen LogP contribution is -2.42. The first-order chi connectivity index (χ1) is 12.3. The van der Waals surface area contributed by atoms with Crippen molar-refractivity contribution in [3.63, 3.8) is 0 Å². The summed E-state index contributed by atoms with van der Waals surface area (Å²) in [5.74, 6) is 0.241. The van der Waals surface area contributed by atoms with Crippen molar-refractivity contribution in [2.75, 3.05) is 27.4 Å². The molecule has 0 aliphatic heterocycles. The number of ether oxygens (including phenoxy) is 3. The third kappa shape index (κ3) is 7.87. The van der Waals surface area contributed by atoms with Crippen LogP contribution in [-0.4, -0.2) is 45.3 Å². The third-order valence-electron chi connectivity index (χ3n) is 3.35. The molecule has 0 bridgehead atoms. The van der Waals surface area contributed by atoms with Crippen molar-refractivity contribution in [1.29, 1.82) is 0 Å². The van der Waals surface area contributed by atoms with Crippen LogP contribution in [0.25, 0.3) is 0 Å². The molecule has 26 heavy (non-hydrogen) atoms. The van der Waals surface area contributed by atoms with Crippen LogP contribution in [0.4, 0.5) is 4.79 Å². The lowest BCUT2D eigenvalue weighted by Gasteiger charge is -2.10. The van der Waals surface area contributed by atoms with E-state index < -0.39 is 24.5 Å². The Morgan fingerprint density at radius 1 is 1.08 bits per heavy atom. The first kappa shape index (κ1) is 21.3.